The maximum atomic E-state index is 12.0. The Labute approximate surface area is 117 Å². The van der Waals surface area contributed by atoms with Gasteiger partial charge in [0.25, 0.3) is 0 Å². The van der Waals surface area contributed by atoms with Crippen molar-refractivity contribution in [1.29, 1.82) is 0 Å². The molecule has 100 valence electrons. The minimum Gasteiger partial charge on any atom is -0.479 e. The lowest BCUT2D eigenvalue weighted by Gasteiger charge is -2.24. The molecule has 18 heavy (non-hydrogen) atoms. The van der Waals surface area contributed by atoms with E-state index in [1.807, 2.05) is 0 Å². The first-order valence-electron chi connectivity index (χ1n) is 5.52. The number of hydrogen-bond acceptors (Lipinski definition) is 3. The van der Waals surface area contributed by atoms with Gasteiger partial charge < -0.3 is 9.84 Å². The molecule has 1 aromatic carbocycles. The van der Waals surface area contributed by atoms with E-state index in [1.165, 1.54) is 6.07 Å². The molecule has 0 spiro atoms. The monoisotopic (exact) mass is 290 g/mol. The minimum atomic E-state index is -0.927. The Kier molecular flexibility index (Phi) is 5.02. The molecule has 0 saturated carbocycles. The Morgan fingerprint density at radius 1 is 1.39 bits per heavy atom. The van der Waals surface area contributed by atoms with Crippen molar-refractivity contribution < 1.29 is 14.6 Å². The lowest BCUT2D eigenvalue weighted by atomic mass is 9.88. The molecule has 3 nitrogen and oxygen atoms in total. The van der Waals surface area contributed by atoms with E-state index >= 15 is 0 Å². The fraction of sp³-hybridized carbons (Fsp3) is 0.462. The highest BCUT2D eigenvalue weighted by molar-refractivity contribution is 6.35. The predicted octanol–water partition coefficient (Wildman–Crippen LogP) is 3.35. The van der Waals surface area contributed by atoms with Crippen molar-refractivity contribution in [1.82, 2.24) is 0 Å². The molecule has 5 heteroatoms. The number of ketones is 1. The van der Waals surface area contributed by atoms with E-state index < -0.39 is 18.1 Å². The van der Waals surface area contributed by atoms with Crippen molar-refractivity contribution in [2.75, 3.05) is 6.61 Å². The van der Waals surface area contributed by atoms with Crippen LogP contribution in [0.4, 0.5) is 0 Å². The molecule has 0 aliphatic rings. The molecule has 1 unspecified atom stereocenters. The molecule has 0 aromatic heterocycles. The zero-order chi connectivity index (χ0) is 13.9. The van der Waals surface area contributed by atoms with Crippen LogP contribution in [0.2, 0.25) is 10.0 Å². The molecule has 1 atom stereocenters. The van der Waals surface area contributed by atoms with Crippen LogP contribution in [-0.4, -0.2) is 23.6 Å². The second-order valence-electron chi connectivity index (χ2n) is 4.98. The highest BCUT2D eigenvalue weighted by atomic mass is 35.5. The maximum Gasteiger partial charge on any atom is 0.180 e. The van der Waals surface area contributed by atoms with E-state index in [4.69, 9.17) is 27.9 Å². The Morgan fingerprint density at radius 2 is 2.00 bits per heavy atom. The van der Waals surface area contributed by atoms with Gasteiger partial charge in [0, 0.05) is 10.4 Å². The fourth-order valence-corrected chi connectivity index (χ4v) is 1.83. The molecular formula is C13H16Cl2O3. The van der Waals surface area contributed by atoms with Gasteiger partial charge in [-0.3, -0.25) is 4.79 Å². The number of hydrogen-bond donors (Lipinski definition) is 1. The number of Topliss-reactive ketones (excluding diaryl/α,β-unsaturated/α-hetero) is 1. The highest BCUT2D eigenvalue weighted by Crippen LogP contribution is 2.29. The quantitative estimate of drug-likeness (QED) is 0.925. The van der Waals surface area contributed by atoms with Crippen LogP contribution in [0.1, 0.15) is 20.8 Å². The van der Waals surface area contributed by atoms with Gasteiger partial charge in [-0.15, -0.1) is 0 Å². The summed E-state index contributed by atoms with van der Waals surface area (Å²) < 4.78 is 5.45. The SMILES string of the molecule is CC(C)(C)C(=O)C(CO)Oc1ccc(Cl)cc1Cl. The van der Waals surface area contributed by atoms with Crippen molar-refractivity contribution >= 4 is 29.0 Å². The highest BCUT2D eigenvalue weighted by Gasteiger charge is 2.31. The van der Waals surface area contributed by atoms with Crippen LogP contribution in [0, 0.1) is 5.41 Å². The second kappa shape index (κ2) is 5.91. The van der Waals surface area contributed by atoms with Crippen LogP contribution in [0.25, 0.3) is 0 Å². The first-order chi connectivity index (χ1) is 8.25. The van der Waals surface area contributed by atoms with Crippen molar-refractivity contribution in [3.05, 3.63) is 28.2 Å². The van der Waals surface area contributed by atoms with Gasteiger partial charge in [0.1, 0.15) is 5.75 Å². The van der Waals surface area contributed by atoms with Gasteiger partial charge in [-0.1, -0.05) is 44.0 Å². The van der Waals surface area contributed by atoms with Crippen LogP contribution in [0.3, 0.4) is 0 Å². The number of aliphatic hydroxyl groups excluding tert-OH is 1. The third-order valence-electron chi connectivity index (χ3n) is 2.36. The van der Waals surface area contributed by atoms with E-state index in [9.17, 15) is 9.90 Å². The number of benzene rings is 1. The summed E-state index contributed by atoms with van der Waals surface area (Å²) in [5.41, 5.74) is -0.591. The summed E-state index contributed by atoms with van der Waals surface area (Å²) >= 11 is 11.7. The molecule has 1 N–H and O–H groups in total. The summed E-state index contributed by atoms with van der Waals surface area (Å²) in [7, 11) is 0. The molecule has 0 heterocycles. The third-order valence-corrected chi connectivity index (χ3v) is 2.89. The van der Waals surface area contributed by atoms with Gasteiger partial charge in [-0.05, 0) is 18.2 Å². The first kappa shape index (κ1) is 15.3. The average Bonchev–Trinajstić information content (AvgIpc) is 2.26. The number of carbonyl (C=O) groups is 1. The van der Waals surface area contributed by atoms with Crippen LogP contribution in [0.15, 0.2) is 18.2 Å². The summed E-state index contributed by atoms with van der Waals surface area (Å²) in [5.74, 6) is 0.147. The van der Waals surface area contributed by atoms with Crippen molar-refractivity contribution in [2.45, 2.75) is 26.9 Å². The van der Waals surface area contributed by atoms with Gasteiger partial charge in [0.15, 0.2) is 11.9 Å². The molecule has 1 aromatic rings. The number of rotatable bonds is 4. The Hall–Kier alpha value is -0.770. The molecule has 0 fully saturated rings. The summed E-state index contributed by atoms with van der Waals surface area (Å²) in [4.78, 5) is 12.0. The maximum absolute atomic E-state index is 12.0. The van der Waals surface area contributed by atoms with E-state index in [-0.39, 0.29) is 5.78 Å². The number of halogens is 2. The van der Waals surface area contributed by atoms with E-state index in [0.717, 1.165) is 0 Å². The molecule has 0 amide bonds. The molecule has 0 saturated heterocycles. The molecule has 0 bridgehead atoms. The number of aliphatic hydroxyl groups is 1. The van der Waals surface area contributed by atoms with Gasteiger partial charge in [0.05, 0.1) is 11.6 Å². The van der Waals surface area contributed by atoms with Gasteiger partial charge in [-0.2, -0.15) is 0 Å². The van der Waals surface area contributed by atoms with Crippen LogP contribution < -0.4 is 4.74 Å². The zero-order valence-electron chi connectivity index (χ0n) is 10.5. The summed E-state index contributed by atoms with van der Waals surface area (Å²) in [6.45, 7) is 4.91. The van der Waals surface area contributed by atoms with Gasteiger partial charge >= 0.3 is 0 Å². The zero-order valence-corrected chi connectivity index (χ0v) is 12.0. The van der Waals surface area contributed by atoms with Crippen LogP contribution >= 0.6 is 23.2 Å². The molecule has 0 radical (unpaired) electrons. The Bertz CT molecular complexity index is 438. The average molecular weight is 291 g/mol. The fourth-order valence-electron chi connectivity index (χ4n) is 1.38. The largest absolute Gasteiger partial charge is 0.479 e. The summed E-state index contributed by atoms with van der Waals surface area (Å²) in [5, 5.41) is 10.0. The summed E-state index contributed by atoms with van der Waals surface area (Å²) in [6, 6.07) is 4.70. The lowest BCUT2D eigenvalue weighted by Crippen LogP contribution is -2.39. The standard InChI is InChI=1S/C13H16Cl2O3/c1-13(2,3)12(17)11(7-16)18-10-5-4-8(14)6-9(10)15/h4-6,11,16H,7H2,1-3H3. The molecule has 0 aliphatic heterocycles. The molecule has 0 aliphatic carbocycles. The van der Waals surface area contributed by atoms with Crippen molar-refractivity contribution in [2.24, 2.45) is 5.41 Å². The number of carbonyl (C=O) groups excluding carboxylic acids is 1. The second-order valence-corrected chi connectivity index (χ2v) is 5.82. The Balaban J connectivity index is 2.90. The normalized spacial score (nSPS) is 13.2. The number of ether oxygens (including phenoxy) is 1. The van der Waals surface area contributed by atoms with Gasteiger partial charge in [-0.25, -0.2) is 0 Å². The van der Waals surface area contributed by atoms with Crippen LogP contribution in [0.5, 0.6) is 5.75 Å². The van der Waals surface area contributed by atoms with E-state index in [0.29, 0.717) is 15.8 Å². The lowest BCUT2D eigenvalue weighted by molar-refractivity contribution is -0.135. The first-order valence-corrected chi connectivity index (χ1v) is 6.28. The van der Waals surface area contributed by atoms with Gasteiger partial charge in [0.2, 0.25) is 0 Å². The van der Waals surface area contributed by atoms with E-state index in [1.54, 1.807) is 32.9 Å². The minimum absolute atomic E-state index is 0.184. The van der Waals surface area contributed by atoms with Crippen molar-refractivity contribution in [3.8, 4) is 5.75 Å². The molecule has 1 rings (SSSR count). The molecular weight excluding hydrogens is 275 g/mol. The van der Waals surface area contributed by atoms with Crippen LogP contribution in [-0.2, 0) is 4.79 Å². The third kappa shape index (κ3) is 3.87. The smallest absolute Gasteiger partial charge is 0.180 e. The van der Waals surface area contributed by atoms with Crippen molar-refractivity contribution in [3.63, 3.8) is 0 Å². The Morgan fingerprint density at radius 3 is 2.44 bits per heavy atom. The van der Waals surface area contributed by atoms with E-state index in [2.05, 4.69) is 0 Å². The summed E-state index contributed by atoms with van der Waals surface area (Å²) in [6.07, 6.45) is -0.927. The predicted molar refractivity (Wildman–Crippen MR) is 72.4 cm³/mol. The topological polar surface area (TPSA) is 46.5 Å².